The summed E-state index contributed by atoms with van der Waals surface area (Å²) in [6.45, 7) is 4.62. The summed E-state index contributed by atoms with van der Waals surface area (Å²) in [6.07, 6.45) is 9.53. The van der Waals surface area contributed by atoms with Crippen LogP contribution in [-0.2, 0) is 0 Å². The highest BCUT2D eigenvalue weighted by atomic mass is 15.3. The van der Waals surface area contributed by atoms with Gasteiger partial charge < -0.3 is 5.32 Å². The molecule has 1 saturated carbocycles. The molecule has 3 nitrogen and oxygen atoms in total. The van der Waals surface area contributed by atoms with E-state index in [1.165, 1.54) is 31.2 Å². The number of benzene rings is 1. The molecule has 3 atom stereocenters. The lowest BCUT2D eigenvalue weighted by atomic mass is 9.85. The van der Waals surface area contributed by atoms with Crippen molar-refractivity contribution in [3.05, 3.63) is 48.3 Å². The van der Waals surface area contributed by atoms with Crippen molar-refractivity contribution in [1.29, 1.82) is 0 Å². The van der Waals surface area contributed by atoms with Gasteiger partial charge in [-0.3, -0.25) is 0 Å². The molecular formula is C18H25N3. The van der Waals surface area contributed by atoms with E-state index in [1.54, 1.807) is 0 Å². The van der Waals surface area contributed by atoms with E-state index < -0.39 is 0 Å². The van der Waals surface area contributed by atoms with Crippen molar-refractivity contribution in [2.75, 3.05) is 0 Å². The van der Waals surface area contributed by atoms with E-state index in [0.29, 0.717) is 12.1 Å². The minimum atomic E-state index is 0.355. The van der Waals surface area contributed by atoms with E-state index in [2.05, 4.69) is 42.6 Å². The van der Waals surface area contributed by atoms with Gasteiger partial charge in [-0.05, 0) is 37.8 Å². The van der Waals surface area contributed by atoms with Crippen LogP contribution >= 0.6 is 0 Å². The van der Waals surface area contributed by atoms with Crippen molar-refractivity contribution < 1.29 is 0 Å². The Morgan fingerprint density at radius 2 is 1.95 bits per heavy atom. The molecule has 0 spiro atoms. The second kappa shape index (κ2) is 6.44. The number of nitrogens with one attached hydrogen (secondary N) is 1. The lowest BCUT2D eigenvalue weighted by Crippen LogP contribution is -2.38. The molecule has 3 rings (SSSR count). The average Bonchev–Trinajstić information content (AvgIpc) is 3.00. The summed E-state index contributed by atoms with van der Waals surface area (Å²) in [5, 5.41) is 8.29. The summed E-state index contributed by atoms with van der Waals surface area (Å²) in [7, 11) is 0. The predicted octanol–water partition coefficient (Wildman–Crippen LogP) is 4.10. The molecule has 0 bridgehead atoms. The van der Waals surface area contributed by atoms with E-state index in [-0.39, 0.29) is 0 Å². The molecule has 3 heteroatoms. The number of hydrogen-bond acceptors (Lipinski definition) is 2. The Balaban J connectivity index is 1.68. The number of para-hydroxylation sites is 1. The molecule has 1 aliphatic rings. The van der Waals surface area contributed by atoms with Crippen LogP contribution in [0.15, 0.2) is 42.7 Å². The van der Waals surface area contributed by atoms with Crippen LogP contribution in [0.5, 0.6) is 0 Å². The molecule has 1 aromatic carbocycles. The molecule has 2 aromatic rings. The molecular weight excluding hydrogens is 258 g/mol. The number of rotatable bonds is 4. The molecule has 0 amide bonds. The Kier molecular flexibility index (Phi) is 4.39. The normalized spacial score (nSPS) is 23.9. The minimum Gasteiger partial charge on any atom is -0.307 e. The van der Waals surface area contributed by atoms with Crippen molar-refractivity contribution in [3.63, 3.8) is 0 Å². The Labute approximate surface area is 127 Å². The summed E-state index contributed by atoms with van der Waals surface area (Å²) < 4.78 is 1.96. The third kappa shape index (κ3) is 3.35. The first-order chi connectivity index (χ1) is 10.2. The molecule has 0 saturated heterocycles. The molecule has 21 heavy (non-hydrogen) atoms. The van der Waals surface area contributed by atoms with E-state index in [4.69, 9.17) is 0 Å². The molecule has 112 valence electrons. The van der Waals surface area contributed by atoms with Gasteiger partial charge in [0.1, 0.15) is 0 Å². The van der Waals surface area contributed by atoms with Crippen molar-refractivity contribution >= 4 is 0 Å². The van der Waals surface area contributed by atoms with E-state index in [0.717, 1.165) is 11.6 Å². The predicted molar refractivity (Wildman–Crippen MR) is 86.5 cm³/mol. The number of hydrogen-bond donors (Lipinski definition) is 1. The maximum atomic E-state index is 4.50. The molecule has 0 aliphatic heterocycles. The molecule has 1 aliphatic carbocycles. The zero-order valence-corrected chi connectivity index (χ0v) is 13.0. The van der Waals surface area contributed by atoms with E-state index in [9.17, 15) is 0 Å². The Morgan fingerprint density at radius 3 is 2.71 bits per heavy atom. The zero-order chi connectivity index (χ0) is 14.7. The molecule has 1 N–H and O–H groups in total. The number of aromatic nitrogens is 2. The van der Waals surface area contributed by atoms with Crippen LogP contribution in [0.3, 0.4) is 0 Å². The first-order valence-corrected chi connectivity index (χ1v) is 8.10. The van der Waals surface area contributed by atoms with Crippen LogP contribution in [-0.4, -0.2) is 15.8 Å². The molecule has 0 radical (unpaired) electrons. The van der Waals surface area contributed by atoms with Gasteiger partial charge in [0.2, 0.25) is 0 Å². The molecule has 1 heterocycles. The van der Waals surface area contributed by atoms with Gasteiger partial charge in [0.15, 0.2) is 0 Å². The smallest absolute Gasteiger partial charge is 0.0645 e. The maximum absolute atomic E-state index is 4.50. The lowest BCUT2D eigenvalue weighted by Gasteiger charge is -2.32. The fraction of sp³-hybridized carbons (Fsp3) is 0.500. The lowest BCUT2D eigenvalue weighted by molar-refractivity contribution is 0.263. The summed E-state index contributed by atoms with van der Waals surface area (Å²) in [5.74, 6) is 0.783. The van der Waals surface area contributed by atoms with Crippen molar-refractivity contribution in [1.82, 2.24) is 15.1 Å². The largest absolute Gasteiger partial charge is 0.307 e. The zero-order valence-electron chi connectivity index (χ0n) is 13.0. The fourth-order valence-corrected chi connectivity index (χ4v) is 3.26. The topological polar surface area (TPSA) is 29.9 Å². The number of nitrogens with zero attached hydrogens (tertiary/aromatic N) is 2. The quantitative estimate of drug-likeness (QED) is 0.915. The van der Waals surface area contributed by atoms with Crippen molar-refractivity contribution in [3.8, 4) is 5.69 Å². The van der Waals surface area contributed by atoms with Gasteiger partial charge in [-0.15, -0.1) is 0 Å². The highest BCUT2D eigenvalue weighted by Gasteiger charge is 2.23. The average molecular weight is 283 g/mol. The first kappa shape index (κ1) is 14.3. The Hall–Kier alpha value is -1.61. The van der Waals surface area contributed by atoms with E-state index in [1.807, 2.05) is 29.1 Å². The van der Waals surface area contributed by atoms with Gasteiger partial charge in [-0.1, -0.05) is 38.0 Å². The highest BCUT2D eigenvalue weighted by Crippen LogP contribution is 2.26. The van der Waals surface area contributed by atoms with Crippen molar-refractivity contribution in [2.45, 2.75) is 51.6 Å². The second-order valence-electron chi connectivity index (χ2n) is 6.31. The van der Waals surface area contributed by atoms with Crippen LogP contribution < -0.4 is 5.32 Å². The van der Waals surface area contributed by atoms with Gasteiger partial charge >= 0.3 is 0 Å². The van der Waals surface area contributed by atoms with Crippen LogP contribution in [0.2, 0.25) is 0 Å². The maximum Gasteiger partial charge on any atom is 0.0645 e. The summed E-state index contributed by atoms with van der Waals surface area (Å²) in [6, 6.07) is 11.3. The Morgan fingerprint density at radius 1 is 1.19 bits per heavy atom. The Bertz CT molecular complexity index is 561. The monoisotopic (exact) mass is 283 g/mol. The van der Waals surface area contributed by atoms with Gasteiger partial charge in [-0.2, -0.15) is 5.10 Å². The SMILES string of the molecule is CC(NC1CCCCC1C)c1cnn(-c2ccccc2)c1. The summed E-state index contributed by atoms with van der Waals surface area (Å²) in [5.41, 5.74) is 2.37. The van der Waals surface area contributed by atoms with Crippen LogP contribution in [0.4, 0.5) is 0 Å². The summed E-state index contributed by atoms with van der Waals surface area (Å²) in [4.78, 5) is 0. The molecule has 3 unspecified atom stereocenters. The minimum absolute atomic E-state index is 0.355. The highest BCUT2D eigenvalue weighted by molar-refractivity contribution is 5.31. The van der Waals surface area contributed by atoms with Crippen LogP contribution in [0.1, 0.15) is 51.1 Å². The second-order valence-corrected chi connectivity index (χ2v) is 6.31. The fourth-order valence-electron chi connectivity index (χ4n) is 3.26. The van der Waals surface area contributed by atoms with Gasteiger partial charge in [0, 0.05) is 23.8 Å². The van der Waals surface area contributed by atoms with Gasteiger partial charge in [0.05, 0.1) is 11.9 Å². The van der Waals surface area contributed by atoms with Crippen molar-refractivity contribution in [2.24, 2.45) is 5.92 Å². The first-order valence-electron chi connectivity index (χ1n) is 8.10. The van der Waals surface area contributed by atoms with E-state index >= 15 is 0 Å². The van der Waals surface area contributed by atoms with Crippen LogP contribution in [0.25, 0.3) is 5.69 Å². The van der Waals surface area contributed by atoms with Gasteiger partial charge in [-0.25, -0.2) is 4.68 Å². The molecule has 1 fully saturated rings. The standard InChI is InChI=1S/C18H25N3/c1-14-8-6-7-11-18(14)20-15(2)16-12-19-21(13-16)17-9-4-3-5-10-17/h3-5,9-10,12-15,18,20H,6-8,11H2,1-2H3. The molecule has 1 aromatic heterocycles. The third-order valence-corrected chi connectivity index (χ3v) is 4.70. The van der Waals surface area contributed by atoms with Crippen LogP contribution in [0, 0.1) is 5.92 Å². The third-order valence-electron chi connectivity index (χ3n) is 4.70. The summed E-state index contributed by atoms with van der Waals surface area (Å²) >= 11 is 0. The van der Waals surface area contributed by atoms with Gasteiger partial charge in [0.25, 0.3) is 0 Å².